The van der Waals surface area contributed by atoms with Crippen LogP contribution in [0.1, 0.15) is 24.0 Å². The van der Waals surface area contributed by atoms with Crippen LogP contribution in [0.5, 0.6) is 11.5 Å². The van der Waals surface area contributed by atoms with Gasteiger partial charge in [-0.05, 0) is 48.4 Å². The molecule has 3 aromatic rings. The van der Waals surface area contributed by atoms with E-state index in [4.69, 9.17) is 51.6 Å². The van der Waals surface area contributed by atoms with E-state index in [2.05, 4.69) is 4.72 Å². The summed E-state index contributed by atoms with van der Waals surface area (Å²) in [6.07, 6.45) is -8.16. The maximum absolute atomic E-state index is 13.1. The van der Waals surface area contributed by atoms with Gasteiger partial charge in [0.05, 0.1) is 10.9 Å². The number of guanidine groups is 1. The zero-order valence-corrected chi connectivity index (χ0v) is 28.3. The third kappa shape index (κ3) is 15.7. The minimum absolute atomic E-state index is 0.0519. The Morgan fingerprint density at radius 3 is 1.85 bits per heavy atom. The molecule has 14 nitrogen and oxygen atoms in total. The molecule has 0 saturated carbocycles. The number of nitrogen functional groups attached to an aromatic ring is 1. The molecule has 0 aliphatic carbocycles. The number of nitrogens with one attached hydrogen (secondary N) is 3. The van der Waals surface area contributed by atoms with Gasteiger partial charge in [-0.2, -0.15) is 26.3 Å². The molecule has 1 aliphatic rings. The minimum atomic E-state index is -5.08. The predicted molar refractivity (Wildman–Crippen MR) is 178 cm³/mol. The lowest BCUT2D eigenvalue weighted by Gasteiger charge is -2.32. The number of carbonyl (C=O) groups is 2. The molecule has 9 N–H and O–H groups in total. The Labute approximate surface area is 299 Å². The topological polar surface area (TPSA) is 242 Å². The number of nitrogens with two attached hydrogens (primary N) is 2. The van der Waals surface area contributed by atoms with Crippen molar-refractivity contribution in [3.63, 3.8) is 0 Å². The zero-order chi connectivity index (χ0) is 40.0. The largest absolute Gasteiger partial charge is 0.492 e. The van der Waals surface area contributed by atoms with Gasteiger partial charge >= 0.3 is 24.3 Å². The van der Waals surface area contributed by atoms with Crippen LogP contribution >= 0.6 is 0 Å². The molecule has 0 radical (unpaired) electrons. The van der Waals surface area contributed by atoms with Gasteiger partial charge in [0.2, 0.25) is 10.0 Å². The molecule has 0 aromatic heterocycles. The molecule has 0 amide bonds. The Bertz CT molecular complexity index is 1760. The number of benzene rings is 3. The molecule has 1 aliphatic heterocycles. The first-order chi connectivity index (χ1) is 24.6. The van der Waals surface area contributed by atoms with Crippen molar-refractivity contribution in [3.8, 4) is 11.5 Å². The number of piperidine rings is 1. The smallest absolute Gasteiger partial charge is 0.490 e. The number of aliphatic carboxylic acids is 2. The highest BCUT2D eigenvalue weighted by atomic mass is 32.2. The van der Waals surface area contributed by atoms with E-state index < -0.39 is 40.4 Å². The number of rotatable bonds is 11. The van der Waals surface area contributed by atoms with Gasteiger partial charge < -0.3 is 36.1 Å². The summed E-state index contributed by atoms with van der Waals surface area (Å²) in [7, 11) is -3.78. The molecular weight excluding hydrogens is 742 g/mol. The lowest BCUT2D eigenvalue weighted by molar-refractivity contribution is -0.193. The van der Waals surface area contributed by atoms with Gasteiger partial charge in [0.1, 0.15) is 30.0 Å². The van der Waals surface area contributed by atoms with Crippen LogP contribution in [0, 0.1) is 10.8 Å². The Hall–Kier alpha value is -5.57. The van der Waals surface area contributed by atoms with E-state index >= 15 is 0 Å². The summed E-state index contributed by atoms with van der Waals surface area (Å²) >= 11 is 0. The summed E-state index contributed by atoms with van der Waals surface area (Å²) < 4.78 is 104. The highest BCUT2D eigenvalue weighted by molar-refractivity contribution is 7.89. The summed E-state index contributed by atoms with van der Waals surface area (Å²) in [6.45, 7) is 1.45. The fourth-order valence-corrected chi connectivity index (χ4v) is 5.61. The predicted octanol–water partition coefficient (Wildman–Crippen LogP) is 3.94. The summed E-state index contributed by atoms with van der Waals surface area (Å²) in [4.78, 5) is 19.8. The molecule has 21 heteroatoms. The molecular formula is C32H36F6N6O8S. The molecule has 4 rings (SSSR count). The van der Waals surface area contributed by atoms with Gasteiger partial charge in [0.15, 0.2) is 5.96 Å². The van der Waals surface area contributed by atoms with Crippen LogP contribution in [0.3, 0.4) is 0 Å². The van der Waals surface area contributed by atoms with E-state index in [1.54, 1.807) is 54.6 Å². The second kappa shape index (κ2) is 19.3. The van der Waals surface area contributed by atoms with Crippen molar-refractivity contribution < 1.29 is 64.0 Å². The third-order valence-corrected chi connectivity index (χ3v) is 8.48. The molecule has 1 saturated heterocycles. The minimum Gasteiger partial charge on any atom is -0.492 e. The van der Waals surface area contributed by atoms with Crippen molar-refractivity contribution in [2.24, 2.45) is 11.5 Å². The number of sulfonamides is 1. The lowest BCUT2D eigenvalue weighted by atomic mass is 10.1. The fraction of sp³-hybridized carbons (Fsp3) is 0.312. The van der Waals surface area contributed by atoms with E-state index in [0.717, 1.165) is 24.2 Å². The highest BCUT2D eigenvalue weighted by Crippen LogP contribution is 2.21. The molecule has 1 heterocycles. The van der Waals surface area contributed by atoms with Crippen LogP contribution in [0.15, 0.2) is 83.8 Å². The molecule has 1 atom stereocenters. The fourth-order valence-electron chi connectivity index (χ4n) is 4.37. The number of halogens is 6. The number of hydrogen-bond acceptors (Lipinski definition) is 8. The van der Waals surface area contributed by atoms with E-state index in [9.17, 15) is 34.8 Å². The summed E-state index contributed by atoms with van der Waals surface area (Å²) in [6, 6.07) is 22.1. The highest BCUT2D eigenvalue weighted by Gasteiger charge is 2.39. The Balaban J connectivity index is 0.000000587. The molecule has 1 fully saturated rings. The van der Waals surface area contributed by atoms with Crippen LogP contribution in [0.25, 0.3) is 0 Å². The Morgan fingerprint density at radius 1 is 0.849 bits per heavy atom. The second-order valence-corrected chi connectivity index (χ2v) is 12.7. The van der Waals surface area contributed by atoms with Gasteiger partial charge in [-0.15, -0.1) is 0 Å². The van der Waals surface area contributed by atoms with Crippen molar-refractivity contribution in [3.05, 3.63) is 90.0 Å². The average molecular weight is 779 g/mol. The first-order valence-electron chi connectivity index (χ1n) is 15.2. The molecule has 0 spiro atoms. The lowest BCUT2D eigenvalue weighted by Crippen LogP contribution is -2.44. The van der Waals surface area contributed by atoms with Crippen LogP contribution in [0.2, 0.25) is 0 Å². The summed E-state index contributed by atoms with van der Waals surface area (Å²) in [5.41, 5.74) is 12.6. The summed E-state index contributed by atoms with van der Waals surface area (Å²) in [5, 5.41) is 29.5. The van der Waals surface area contributed by atoms with E-state index in [1.807, 2.05) is 29.2 Å². The first kappa shape index (κ1) is 43.6. The van der Waals surface area contributed by atoms with E-state index in [1.165, 1.54) is 0 Å². The molecule has 0 unspecified atom stereocenters. The molecule has 53 heavy (non-hydrogen) atoms. The average Bonchev–Trinajstić information content (AvgIpc) is 3.08. The number of amidine groups is 1. The van der Waals surface area contributed by atoms with E-state index in [-0.39, 0.29) is 29.4 Å². The maximum Gasteiger partial charge on any atom is 0.490 e. The van der Waals surface area contributed by atoms with Gasteiger partial charge in [0.25, 0.3) is 0 Å². The summed E-state index contributed by atoms with van der Waals surface area (Å²) in [5.74, 6) is -4.27. The second-order valence-electron chi connectivity index (χ2n) is 11.0. The van der Waals surface area contributed by atoms with Gasteiger partial charge in [-0.1, -0.05) is 42.5 Å². The zero-order valence-electron chi connectivity index (χ0n) is 27.5. The van der Waals surface area contributed by atoms with Crippen LogP contribution in [-0.4, -0.2) is 91.5 Å². The molecule has 3 aromatic carbocycles. The van der Waals surface area contributed by atoms with Crippen LogP contribution in [0.4, 0.5) is 26.3 Å². The number of nitrogens with zero attached hydrogens (tertiary/aromatic N) is 1. The number of hydrogen-bond donors (Lipinski definition) is 7. The number of likely N-dealkylation sites (tertiary alicyclic amines) is 1. The Kier molecular flexibility index (Phi) is 15.9. The monoisotopic (exact) mass is 778 g/mol. The maximum atomic E-state index is 13.1. The number of carboxylic acid groups (broad SMARTS) is 2. The normalized spacial score (nSPS) is 14.0. The van der Waals surface area contributed by atoms with Gasteiger partial charge in [-0.3, -0.25) is 10.8 Å². The standard InChI is InChI=1S/C28H34N6O4S.2C2HF3O2/c29-27(30)21-5-4-6-25(18-21)37-19-22(33-39(35,36)26-7-2-1-3-8-26)17-20-9-11-23(12-10-20)38-24-13-15-34(16-14-24)28(31)32;2*3-2(4,5)1(6)7/h1-12,18,22,24,33H,13-17,19H2,(H3,29,30)(H3,31,32);2*(H,6,7)/t22-;;/m0../s1. The molecule has 290 valence electrons. The van der Waals surface area contributed by atoms with Crippen LogP contribution in [-0.2, 0) is 26.0 Å². The first-order valence-corrected chi connectivity index (χ1v) is 16.7. The molecule has 0 bridgehead atoms. The van der Waals surface area contributed by atoms with Crippen molar-refractivity contribution in [2.45, 2.75) is 48.7 Å². The van der Waals surface area contributed by atoms with Gasteiger partial charge in [-0.25, -0.2) is 22.7 Å². The SMILES string of the molecule is N=C(N)c1cccc(OC[C@H](Cc2ccc(OC3CCN(C(=N)N)CC3)cc2)NS(=O)(=O)c2ccccc2)c1.O=C(O)C(F)(F)F.O=C(O)C(F)(F)F. The van der Waals surface area contributed by atoms with Gasteiger partial charge in [0, 0.05) is 31.5 Å². The third-order valence-electron chi connectivity index (χ3n) is 6.95. The van der Waals surface area contributed by atoms with Crippen molar-refractivity contribution >= 4 is 33.8 Å². The van der Waals surface area contributed by atoms with Crippen molar-refractivity contribution in [1.82, 2.24) is 9.62 Å². The number of carboxylic acids is 2. The quantitative estimate of drug-likeness (QED) is 0.0835. The number of ether oxygens (including phenoxy) is 2. The van der Waals surface area contributed by atoms with E-state index in [0.29, 0.717) is 30.8 Å². The Morgan fingerprint density at radius 2 is 1.38 bits per heavy atom. The van der Waals surface area contributed by atoms with Crippen molar-refractivity contribution in [2.75, 3.05) is 19.7 Å². The number of alkyl halides is 6. The van der Waals surface area contributed by atoms with Crippen LogP contribution < -0.4 is 25.7 Å². The van der Waals surface area contributed by atoms with Crippen molar-refractivity contribution in [1.29, 1.82) is 10.8 Å².